The lowest BCUT2D eigenvalue weighted by Gasteiger charge is -2.01. The van der Waals surface area contributed by atoms with Gasteiger partial charge in [-0.15, -0.1) is 0 Å². The smallest absolute Gasteiger partial charge is 0.321 e. The Kier molecular flexibility index (Phi) is 14.7. The molecule has 1 rings (SSSR count). The summed E-state index contributed by atoms with van der Waals surface area (Å²) >= 11 is 0. The molecular formula is C15H27N7O8. The van der Waals surface area contributed by atoms with Gasteiger partial charge < -0.3 is 49.0 Å². The molecule has 2 amide bonds. The molecular weight excluding hydrogens is 406 g/mol. The van der Waals surface area contributed by atoms with Gasteiger partial charge in [-0.2, -0.15) is 0 Å². The Balaban J connectivity index is 0. The summed E-state index contributed by atoms with van der Waals surface area (Å²) in [7, 11) is 0. The number of nitrogens with two attached hydrogens (primary N) is 5. The van der Waals surface area contributed by atoms with E-state index in [1.54, 1.807) is 6.20 Å². The molecule has 30 heavy (non-hydrogen) atoms. The molecule has 1 heterocycles. The lowest BCUT2D eigenvalue weighted by atomic mass is 10.2. The van der Waals surface area contributed by atoms with Gasteiger partial charge in [0.2, 0.25) is 11.8 Å². The first kappa shape index (κ1) is 28.6. The number of hydrogen-bond acceptors (Lipinski definition) is 9. The predicted molar refractivity (Wildman–Crippen MR) is 101 cm³/mol. The Bertz CT molecular complexity index is 695. The Morgan fingerprint density at radius 3 is 1.67 bits per heavy atom. The highest BCUT2D eigenvalue weighted by Crippen LogP contribution is 1.95. The Hall–Kier alpha value is -3.56. The maximum Gasteiger partial charge on any atom is 0.321 e. The van der Waals surface area contributed by atoms with Gasteiger partial charge in [-0.3, -0.25) is 24.0 Å². The number of rotatable bonds is 10. The molecule has 0 radical (unpaired) electrons. The molecule has 1 aromatic rings. The third-order valence-corrected chi connectivity index (χ3v) is 3.06. The van der Waals surface area contributed by atoms with Crippen molar-refractivity contribution in [3.05, 3.63) is 18.2 Å². The minimum absolute atomic E-state index is 0.0213. The number of carboxylic acids is 3. The fraction of sp³-hybridized carbons (Fsp3) is 0.467. The molecule has 0 saturated carbocycles. The van der Waals surface area contributed by atoms with Crippen LogP contribution in [0.25, 0.3) is 0 Å². The molecule has 0 aliphatic rings. The molecule has 0 aliphatic heterocycles. The molecule has 0 bridgehead atoms. The monoisotopic (exact) mass is 433 g/mol. The molecule has 0 spiro atoms. The number of nitrogens with zero attached hydrogens (tertiary/aromatic N) is 1. The standard InChI is InChI=1S/C6H9N3O2.C5H10N2O3.C4H8N2O3/c7-5(6(10)11)1-4-2-8-3-9-4;6-3(5(9)10)1-2-4(7)8;5-2(4(8)9)1-3(6)7/h2-3,5H,1,7H2,(H,8,9)(H,10,11);3H,1-2,6H2,(H2,7,8)(H,9,10);2H,1,5H2,(H2,6,7)(H,8,9)/t5-;3-;2-/m000/s1. The van der Waals surface area contributed by atoms with Crippen LogP contribution in [0.3, 0.4) is 0 Å². The summed E-state index contributed by atoms with van der Waals surface area (Å²) < 4.78 is 0. The van der Waals surface area contributed by atoms with Crippen LogP contribution in [0.1, 0.15) is 25.0 Å². The van der Waals surface area contributed by atoms with E-state index in [0.717, 1.165) is 0 Å². The highest BCUT2D eigenvalue weighted by atomic mass is 16.4. The number of amides is 2. The van der Waals surface area contributed by atoms with Gasteiger partial charge >= 0.3 is 17.9 Å². The second kappa shape index (κ2) is 15.4. The van der Waals surface area contributed by atoms with Crippen molar-refractivity contribution in [2.75, 3.05) is 0 Å². The molecule has 15 heteroatoms. The number of aromatic amines is 1. The topological polar surface area (TPSA) is 305 Å². The number of H-pyrrole nitrogens is 1. The first-order valence-electron chi connectivity index (χ1n) is 8.27. The van der Waals surface area contributed by atoms with Crippen molar-refractivity contribution in [2.24, 2.45) is 28.7 Å². The van der Waals surface area contributed by atoms with Crippen molar-refractivity contribution >= 4 is 29.7 Å². The van der Waals surface area contributed by atoms with E-state index in [9.17, 15) is 24.0 Å². The molecule has 0 fully saturated rings. The van der Waals surface area contributed by atoms with Crippen molar-refractivity contribution in [2.45, 2.75) is 43.8 Å². The average molecular weight is 433 g/mol. The summed E-state index contributed by atoms with van der Waals surface area (Å²) in [4.78, 5) is 56.8. The van der Waals surface area contributed by atoms with Gasteiger partial charge in [0.1, 0.15) is 18.1 Å². The van der Waals surface area contributed by atoms with Gasteiger partial charge in [0.25, 0.3) is 0 Å². The Morgan fingerprint density at radius 2 is 1.37 bits per heavy atom. The second-order valence-electron chi connectivity index (χ2n) is 5.77. The lowest BCUT2D eigenvalue weighted by Crippen LogP contribution is -2.34. The van der Waals surface area contributed by atoms with E-state index in [4.69, 9.17) is 38.3 Å². The van der Waals surface area contributed by atoms with Crippen LogP contribution in [0.15, 0.2) is 12.5 Å². The van der Waals surface area contributed by atoms with E-state index in [2.05, 4.69) is 15.7 Å². The number of aliphatic carboxylic acids is 3. The zero-order valence-corrected chi connectivity index (χ0v) is 15.9. The molecule has 3 atom stereocenters. The molecule has 14 N–H and O–H groups in total. The maximum absolute atomic E-state index is 10.3. The number of hydrogen-bond donors (Lipinski definition) is 9. The number of nitrogens with one attached hydrogen (secondary N) is 1. The highest BCUT2D eigenvalue weighted by molar-refractivity contribution is 5.83. The fourth-order valence-corrected chi connectivity index (χ4v) is 1.44. The van der Waals surface area contributed by atoms with Crippen molar-refractivity contribution in [1.29, 1.82) is 0 Å². The summed E-state index contributed by atoms with van der Waals surface area (Å²) in [5, 5.41) is 24.7. The van der Waals surface area contributed by atoms with Crippen molar-refractivity contribution < 1.29 is 39.3 Å². The highest BCUT2D eigenvalue weighted by Gasteiger charge is 2.13. The predicted octanol–water partition coefficient (Wildman–Crippen LogP) is -3.70. The number of primary amides is 2. The van der Waals surface area contributed by atoms with Gasteiger partial charge in [-0.05, 0) is 6.42 Å². The largest absolute Gasteiger partial charge is 0.480 e. The van der Waals surface area contributed by atoms with E-state index in [1.807, 2.05) is 0 Å². The molecule has 170 valence electrons. The number of carbonyl (C=O) groups is 5. The van der Waals surface area contributed by atoms with Crippen molar-refractivity contribution in [3.63, 3.8) is 0 Å². The number of aromatic nitrogens is 2. The molecule has 15 nitrogen and oxygen atoms in total. The number of carboxylic acid groups (broad SMARTS) is 3. The SMILES string of the molecule is NC(=O)CC[C@H](N)C(=O)O.NC(=O)C[C@H](N)C(=O)O.N[C@@H](Cc1c[nH]cn1)C(=O)O. The summed E-state index contributed by atoms with van der Waals surface area (Å²) in [5.74, 6) is -4.57. The van der Waals surface area contributed by atoms with E-state index in [-0.39, 0.29) is 25.7 Å². The third kappa shape index (κ3) is 16.6. The summed E-state index contributed by atoms with van der Waals surface area (Å²) in [5.41, 5.74) is 25.3. The number of imidazole rings is 1. The molecule has 0 unspecified atom stereocenters. The Morgan fingerprint density at radius 1 is 0.867 bits per heavy atom. The quantitative estimate of drug-likeness (QED) is 0.172. The molecule has 0 saturated heterocycles. The average Bonchev–Trinajstić information content (AvgIpc) is 3.12. The molecule has 0 aliphatic carbocycles. The van der Waals surface area contributed by atoms with Gasteiger partial charge in [-0.1, -0.05) is 0 Å². The summed E-state index contributed by atoms with van der Waals surface area (Å²) in [6.45, 7) is 0. The zero-order chi connectivity index (χ0) is 23.9. The maximum atomic E-state index is 10.3. The van der Waals surface area contributed by atoms with Gasteiger partial charge in [0.15, 0.2) is 0 Å². The van der Waals surface area contributed by atoms with E-state index in [0.29, 0.717) is 5.69 Å². The van der Waals surface area contributed by atoms with E-state index in [1.165, 1.54) is 6.33 Å². The first-order valence-corrected chi connectivity index (χ1v) is 8.27. The van der Waals surface area contributed by atoms with Crippen LogP contribution in [-0.4, -0.2) is 73.1 Å². The van der Waals surface area contributed by atoms with E-state index < -0.39 is 47.8 Å². The van der Waals surface area contributed by atoms with Crippen LogP contribution >= 0.6 is 0 Å². The van der Waals surface area contributed by atoms with Crippen LogP contribution in [0, 0.1) is 0 Å². The molecule has 1 aromatic heterocycles. The van der Waals surface area contributed by atoms with Crippen LogP contribution in [-0.2, 0) is 30.4 Å². The summed E-state index contributed by atoms with van der Waals surface area (Å²) in [6.07, 6.45) is 3.19. The molecule has 0 aromatic carbocycles. The van der Waals surface area contributed by atoms with E-state index >= 15 is 0 Å². The normalized spacial score (nSPS) is 12.6. The van der Waals surface area contributed by atoms with Crippen molar-refractivity contribution in [3.8, 4) is 0 Å². The van der Waals surface area contributed by atoms with Crippen LogP contribution in [0.2, 0.25) is 0 Å². The second-order valence-corrected chi connectivity index (χ2v) is 5.77. The van der Waals surface area contributed by atoms with Crippen LogP contribution in [0.5, 0.6) is 0 Å². The summed E-state index contributed by atoms with van der Waals surface area (Å²) in [6, 6.07) is -3.01. The fourth-order valence-electron chi connectivity index (χ4n) is 1.44. The minimum Gasteiger partial charge on any atom is -0.480 e. The van der Waals surface area contributed by atoms with Crippen LogP contribution in [0.4, 0.5) is 0 Å². The zero-order valence-electron chi connectivity index (χ0n) is 15.9. The first-order chi connectivity index (χ1) is 13.8. The van der Waals surface area contributed by atoms with Gasteiger partial charge in [-0.25, -0.2) is 4.98 Å². The van der Waals surface area contributed by atoms with Crippen LogP contribution < -0.4 is 28.7 Å². The third-order valence-electron chi connectivity index (χ3n) is 3.06. The minimum atomic E-state index is -1.21. The van der Waals surface area contributed by atoms with Gasteiger partial charge in [0.05, 0.1) is 18.4 Å². The van der Waals surface area contributed by atoms with Gasteiger partial charge in [0, 0.05) is 19.0 Å². The Labute approximate surface area is 170 Å². The van der Waals surface area contributed by atoms with Crippen molar-refractivity contribution in [1.82, 2.24) is 9.97 Å². The number of carbonyl (C=O) groups excluding carboxylic acids is 2. The lowest BCUT2D eigenvalue weighted by molar-refractivity contribution is -0.140.